The Morgan fingerprint density at radius 1 is 0.924 bits per heavy atom. The van der Waals surface area contributed by atoms with Gasteiger partial charge in [-0.2, -0.15) is 5.10 Å². The summed E-state index contributed by atoms with van der Waals surface area (Å²) in [6.07, 6.45) is 6.06. The Morgan fingerprint density at radius 3 is 2.37 bits per heavy atom. The number of carboxylic acids is 1. The monoisotopic (exact) mass is 1100 g/mol. The molecule has 0 spiro atoms. The first-order valence-corrected chi connectivity index (χ1v) is 26.4. The highest BCUT2D eigenvalue weighted by Crippen LogP contribution is 2.37. The van der Waals surface area contributed by atoms with E-state index in [1.165, 1.54) is 19.2 Å². The van der Waals surface area contributed by atoms with Crippen LogP contribution in [0.1, 0.15) is 81.7 Å². The molecule has 5 aromatic heterocycles. The van der Waals surface area contributed by atoms with Gasteiger partial charge in [0.25, 0.3) is 5.91 Å². The highest BCUT2D eigenvalue weighted by molar-refractivity contribution is 8.00. The number of rotatable bonds is 27. The molecule has 6 heterocycles. The molecule has 2 atom stereocenters. The van der Waals surface area contributed by atoms with Gasteiger partial charge in [-0.3, -0.25) is 48.5 Å². The normalized spacial score (nSPS) is 14.1. The molecule has 1 aliphatic rings. The number of aliphatic carboxylic acids is 1. The molecule has 26 nitrogen and oxygen atoms in total. The number of amides is 6. The zero-order valence-corrected chi connectivity index (χ0v) is 44.9. The van der Waals surface area contributed by atoms with Gasteiger partial charge in [-0.15, -0.1) is 11.8 Å². The molecule has 1 saturated heterocycles. The standard InChI is InChI=1S/C52H60N14O12S/c1-6-34-44(78-28(4)58-34)49(71)61-52-59-35-21-30(46(55)70)22-37(75-5)43(35)65(52)14-9-8-13-64-42-31(32-25-57-47(60-48(32)64)36-19-27(3)62-66(36)7-2)20-29(45(54)69)23-38(42)77-17-10-16-76-18-12-56-40(67)11-15-63-41(68)24-39(50(63)72)79-26-33(53)51(73)74/h8-9,19-23,25,33,39H,6-7,10-18,24,26,53H2,1-5H3,(H2,54,69)(H2,55,70)(H,56,67)(H,73,74)(H,59,61,71)/b9-8+/t33-,39?/m0/s1. The number of carbonyl (C=O) groups is 7. The number of primary amides is 2. The number of nitrogens with zero attached hydrogens (tertiary/aromatic N) is 9. The molecule has 7 aromatic rings. The Hall–Kier alpha value is -8.69. The second-order valence-corrected chi connectivity index (χ2v) is 19.5. The van der Waals surface area contributed by atoms with Crippen molar-refractivity contribution in [2.75, 3.05) is 51.1 Å². The number of benzene rings is 2. The summed E-state index contributed by atoms with van der Waals surface area (Å²) in [7, 11) is 1.45. The van der Waals surface area contributed by atoms with E-state index in [4.69, 9.17) is 55.9 Å². The van der Waals surface area contributed by atoms with E-state index in [0.29, 0.717) is 81.2 Å². The molecule has 2 aromatic carbocycles. The molecule has 0 aliphatic carbocycles. The number of aromatic nitrogens is 8. The van der Waals surface area contributed by atoms with Crippen LogP contribution in [0.2, 0.25) is 0 Å². The van der Waals surface area contributed by atoms with Crippen LogP contribution in [0.4, 0.5) is 5.95 Å². The quantitative estimate of drug-likeness (QED) is 0.0244. The summed E-state index contributed by atoms with van der Waals surface area (Å²) in [5, 5.41) is 19.7. The van der Waals surface area contributed by atoms with Crippen molar-refractivity contribution in [3.63, 3.8) is 0 Å². The number of anilines is 1. The summed E-state index contributed by atoms with van der Waals surface area (Å²) in [5.41, 5.74) is 21.3. The average molecular weight is 1110 g/mol. The highest BCUT2D eigenvalue weighted by atomic mass is 32.2. The molecule has 0 saturated carbocycles. The van der Waals surface area contributed by atoms with Crippen molar-refractivity contribution in [2.45, 2.75) is 84.3 Å². The summed E-state index contributed by atoms with van der Waals surface area (Å²) in [6, 6.07) is 6.99. The van der Waals surface area contributed by atoms with Crippen molar-refractivity contribution in [3.8, 4) is 23.0 Å². The first-order valence-electron chi connectivity index (χ1n) is 25.3. The van der Waals surface area contributed by atoms with Gasteiger partial charge in [0.2, 0.25) is 41.2 Å². The molecular formula is C52H60N14O12S. The van der Waals surface area contributed by atoms with Gasteiger partial charge in [-0.05, 0) is 50.6 Å². The number of oxazole rings is 1. The summed E-state index contributed by atoms with van der Waals surface area (Å²) < 4.78 is 29.1. The van der Waals surface area contributed by atoms with Crippen LogP contribution in [0.15, 0.2) is 53.1 Å². The number of carbonyl (C=O) groups excluding carboxylic acids is 6. The van der Waals surface area contributed by atoms with Gasteiger partial charge in [0.05, 0.1) is 48.0 Å². The third kappa shape index (κ3) is 12.5. The third-order valence-corrected chi connectivity index (χ3v) is 14.1. The number of allylic oxidation sites excluding steroid dienone is 2. The Labute approximate surface area is 455 Å². The van der Waals surface area contributed by atoms with Crippen molar-refractivity contribution in [3.05, 3.63) is 82.8 Å². The lowest BCUT2D eigenvalue weighted by molar-refractivity contribution is -0.139. The lowest BCUT2D eigenvalue weighted by Crippen LogP contribution is -2.37. The minimum Gasteiger partial charge on any atom is -0.494 e. The van der Waals surface area contributed by atoms with E-state index in [-0.39, 0.29) is 93.2 Å². The lowest BCUT2D eigenvalue weighted by atomic mass is 10.1. The average Bonchev–Trinajstić information content (AvgIpc) is 4.37. The van der Waals surface area contributed by atoms with Crippen molar-refractivity contribution < 1.29 is 57.3 Å². The molecule has 6 amide bonds. The molecule has 416 valence electrons. The van der Waals surface area contributed by atoms with Crippen LogP contribution in [0, 0.1) is 13.8 Å². The molecule has 1 unspecified atom stereocenters. The van der Waals surface area contributed by atoms with Crippen LogP contribution in [-0.4, -0.2) is 147 Å². The fourth-order valence-electron chi connectivity index (χ4n) is 9.01. The molecule has 79 heavy (non-hydrogen) atoms. The van der Waals surface area contributed by atoms with E-state index >= 15 is 0 Å². The molecule has 0 bridgehead atoms. The van der Waals surface area contributed by atoms with Crippen molar-refractivity contribution in [2.24, 2.45) is 17.2 Å². The third-order valence-electron chi connectivity index (χ3n) is 12.8. The van der Waals surface area contributed by atoms with E-state index in [1.54, 1.807) is 29.8 Å². The second kappa shape index (κ2) is 24.8. The van der Waals surface area contributed by atoms with E-state index in [9.17, 15) is 33.6 Å². The van der Waals surface area contributed by atoms with Crippen LogP contribution < -0.4 is 37.3 Å². The maximum Gasteiger partial charge on any atom is 0.321 e. The van der Waals surface area contributed by atoms with Crippen molar-refractivity contribution in [1.82, 2.24) is 49.1 Å². The number of nitrogens with two attached hydrogens (primary N) is 3. The van der Waals surface area contributed by atoms with Gasteiger partial charge in [0, 0.05) is 99.4 Å². The number of hydrogen-bond acceptors (Lipinski definition) is 18. The number of ether oxygens (including phenoxy) is 3. The van der Waals surface area contributed by atoms with E-state index < -0.39 is 52.7 Å². The molecular weight excluding hydrogens is 1040 g/mol. The van der Waals surface area contributed by atoms with E-state index in [0.717, 1.165) is 22.4 Å². The summed E-state index contributed by atoms with van der Waals surface area (Å²) in [5.74, 6) is -2.99. The summed E-state index contributed by atoms with van der Waals surface area (Å²) in [6.45, 7) is 8.82. The number of imidazole rings is 1. The van der Waals surface area contributed by atoms with Crippen LogP contribution in [-0.2, 0) is 50.0 Å². The molecule has 1 fully saturated rings. The van der Waals surface area contributed by atoms with Crippen molar-refractivity contribution >= 4 is 92.1 Å². The maximum absolute atomic E-state index is 13.7. The fraction of sp³-hybridized carbons (Fsp3) is 0.385. The molecule has 9 N–H and O–H groups in total. The number of likely N-dealkylation sites (tertiary alicyclic amines) is 1. The second-order valence-electron chi connectivity index (χ2n) is 18.3. The SMILES string of the molecule is CCc1nc(C)oc1C(=O)Nc1nc2cc(C(N)=O)cc(OC)c2n1C/C=C/Cn1c2nc(-c3cc(C)nn3CC)ncc2c2cc(C(N)=O)cc(OCCCOCCNC(=O)CCN3C(=O)CC(SC[C@H](N)C(=O)O)C3=O)c21. The summed E-state index contributed by atoms with van der Waals surface area (Å²) >= 11 is 1.01. The number of aryl methyl sites for hydroxylation is 4. The number of nitrogens with one attached hydrogen (secondary N) is 2. The first-order chi connectivity index (χ1) is 37.9. The smallest absolute Gasteiger partial charge is 0.321 e. The zero-order valence-electron chi connectivity index (χ0n) is 44.1. The zero-order chi connectivity index (χ0) is 56.7. The highest BCUT2D eigenvalue weighted by Gasteiger charge is 2.39. The molecule has 27 heteroatoms. The first kappa shape index (κ1) is 56.5. The fourth-order valence-corrected chi connectivity index (χ4v) is 10.1. The number of carboxylic acid groups (broad SMARTS) is 1. The van der Waals surface area contributed by atoms with Crippen LogP contribution in [0.25, 0.3) is 44.5 Å². The van der Waals surface area contributed by atoms with Gasteiger partial charge < -0.3 is 55.4 Å². The number of hydrogen-bond donors (Lipinski definition) is 6. The Morgan fingerprint density at radius 2 is 1.66 bits per heavy atom. The number of thioether (sulfide) groups is 1. The Balaban J connectivity index is 1.00. The number of fused-ring (bicyclic) bond motifs is 4. The molecule has 1 aliphatic heterocycles. The largest absolute Gasteiger partial charge is 0.494 e. The van der Waals surface area contributed by atoms with Gasteiger partial charge in [0.1, 0.15) is 34.4 Å². The van der Waals surface area contributed by atoms with E-state index in [2.05, 4.69) is 20.7 Å². The summed E-state index contributed by atoms with van der Waals surface area (Å²) in [4.78, 5) is 108. The lowest BCUT2D eigenvalue weighted by Gasteiger charge is -2.15. The maximum atomic E-state index is 13.7. The van der Waals surface area contributed by atoms with Gasteiger partial charge in [0.15, 0.2) is 11.7 Å². The van der Waals surface area contributed by atoms with Crippen molar-refractivity contribution in [1.29, 1.82) is 0 Å². The number of methoxy groups -OCH3 is 1. The minimum absolute atomic E-state index is 0.0334. The molecule has 8 rings (SSSR count). The van der Waals surface area contributed by atoms with Gasteiger partial charge in [-0.25, -0.2) is 19.9 Å². The minimum atomic E-state index is -1.21. The van der Waals surface area contributed by atoms with Gasteiger partial charge >= 0.3 is 5.97 Å². The van der Waals surface area contributed by atoms with Gasteiger partial charge in [-0.1, -0.05) is 19.1 Å². The van der Waals surface area contributed by atoms with Crippen LogP contribution in [0.5, 0.6) is 11.5 Å². The predicted octanol–water partition coefficient (Wildman–Crippen LogP) is 3.26. The van der Waals surface area contributed by atoms with Crippen LogP contribution >= 0.6 is 11.8 Å². The Kier molecular flexibility index (Phi) is 17.7. The Bertz CT molecular complexity index is 3540. The molecule has 0 radical (unpaired) electrons. The van der Waals surface area contributed by atoms with Crippen LogP contribution in [0.3, 0.4) is 0 Å². The topological polar surface area (TPSA) is 365 Å². The van der Waals surface area contributed by atoms with E-state index in [1.807, 2.05) is 48.2 Å². The predicted molar refractivity (Wildman–Crippen MR) is 289 cm³/mol. The number of imide groups is 1.